The molecule has 2 aliphatic heterocycles. The van der Waals surface area contributed by atoms with Crippen LogP contribution in [0, 0.1) is 45.4 Å². The molecule has 11 nitrogen and oxygen atoms in total. The number of hydrogen-bond donors (Lipinski definition) is 2. The zero-order chi connectivity index (χ0) is 36.6. The normalized spacial score (nSPS) is 26.5. The summed E-state index contributed by atoms with van der Waals surface area (Å²) in [5.74, 6) is -9.34. The molecule has 0 unspecified atom stereocenters. The summed E-state index contributed by atoms with van der Waals surface area (Å²) in [4.78, 5) is 69.7. The number of allylic oxidation sites excluding steroid dienone is 2. The molecular formula is C38H27ClF2N4O7. The molecule has 52 heavy (non-hydrogen) atoms. The van der Waals surface area contributed by atoms with Crippen LogP contribution in [0.1, 0.15) is 29.9 Å². The van der Waals surface area contributed by atoms with Crippen molar-refractivity contribution < 1.29 is 38.0 Å². The number of hydrazine groups is 1. The SMILES string of the molecule is O=C1[C@@H]2C[C@@H]3C(=CC[C@@H]4C(=O)N(c5ccc([N+](=O)[O-])cc5)C(=O)[C@@H]43)[C@H](c3ccc(O)c(F)c3)[C@]2(c2ccc(Cl)cc2)C(=O)N1Nc1ccc(F)cc1. The van der Waals surface area contributed by atoms with E-state index in [2.05, 4.69) is 5.43 Å². The van der Waals surface area contributed by atoms with E-state index in [-0.39, 0.29) is 35.5 Å². The van der Waals surface area contributed by atoms with Crippen LogP contribution in [0.15, 0.2) is 103 Å². The predicted molar refractivity (Wildman–Crippen MR) is 183 cm³/mol. The zero-order valence-corrected chi connectivity index (χ0v) is 27.7. The van der Waals surface area contributed by atoms with Gasteiger partial charge in [0, 0.05) is 23.1 Å². The average Bonchev–Trinajstić information content (AvgIpc) is 3.51. The van der Waals surface area contributed by atoms with Gasteiger partial charge in [0.1, 0.15) is 5.82 Å². The molecule has 8 rings (SSSR count). The van der Waals surface area contributed by atoms with Gasteiger partial charge in [-0.25, -0.2) is 8.78 Å². The number of imide groups is 2. The van der Waals surface area contributed by atoms with Gasteiger partial charge < -0.3 is 5.11 Å². The van der Waals surface area contributed by atoms with Gasteiger partial charge in [-0.3, -0.25) is 39.6 Å². The molecule has 0 radical (unpaired) electrons. The van der Waals surface area contributed by atoms with Crippen molar-refractivity contribution in [2.45, 2.75) is 24.2 Å². The van der Waals surface area contributed by atoms with Crippen LogP contribution in [0.3, 0.4) is 0 Å². The highest BCUT2D eigenvalue weighted by Gasteiger charge is 2.70. The van der Waals surface area contributed by atoms with E-state index in [0.29, 0.717) is 16.2 Å². The first-order valence-electron chi connectivity index (χ1n) is 16.4. The van der Waals surface area contributed by atoms with Gasteiger partial charge in [-0.05, 0) is 90.6 Å². The molecule has 4 aromatic rings. The van der Waals surface area contributed by atoms with Crippen molar-refractivity contribution >= 4 is 52.3 Å². The lowest BCUT2D eigenvalue weighted by Gasteiger charge is -2.50. The zero-order valence-electron chi connectivity index (χ0n) is 26.9. The Bertz CT molecular complexity index is 2230. The van der Waals surface area contributed by atoms with Crippen molar-refractivity contribution in [1.29, 1.82) is 0 Å². The van der Waals surface area contributed by atoms with E-state index in [1.54, 1.807) is 30.3 Å². The van der Waals surface area contributed by atoms with Crippen LogP contribution in [0.2, 0.25) is 5.02 Å². The number of carbonyl (C=O) groups is 4. The molecule has 3 fully saturated rings. The lowest BCUT2D eigenvalue weighted by molar-refractivity contribution is -0.384. The van der Waals surface area contributed by atoms with Crippen LogP contribution in [0.5, 0.6) is 5.75 Å². The van der Waals surface area contributed by atoms with Gasteiger partial charge in [-0.1, -0.05) is 41.4 Å². The van der Waals surface area contributed by atoms with Gasteiger partial charge in [0.05, 0.1) is 39.5 Å². The van der Waals surface area contributed by atoms with E-state index in [4.69, 9.17) is 11.6 Å². The summed E-state index contributed by atoms with van der Waals surface area (Å²) in [6, 6.07) is 20.2. The van der Waals surface area contributed by atoms with E-state index in [1.165, 1.54) is 42.5 Å². The first-order chi connectivity index (χ1) is 24.9. The second-order valence-electron chi connectivity index (χ2n) is 13.4. The number of benzene rings is 4. The van der Waals surface area contributed by atoms with Crippen molar-refractivity contribution in [3.05, 3.63) is 141 Å². The first kappa shape index (κ1) is 33.2. The summed E-state index contributed by atoms with van der Waals surface area (Å²) in [6.07, 6.45) is 1.82. The van der Waals surface area contributed by atoms with Crippen molar-refractivity contribution in [2.24, 2.45) is 23.7 Å². The van der Waals surface area contributed by atoms with Crippen molar-refractivity contribution in [1.82, 2.24) is 5.01 Å². The number of nitrogens with one attached hydrogen (secondary N) is 1. The summed E-state index contributed by atoms with van der Waals surface area (Å²) < 4.78 is 29.1. The Morgan fingerprint density at radius 3 is 2.21 bits per heavy atom. The molecule has 2 aliphatic carbocycles. The number of non-ortho nitro benzene ring substituents is 1. The number of carbonyl (C=O) groups excluding carboxylic acids is 4. The largest absolute Gasteiger partial charge is 0.505 e. The maximum absolute atomic E-state index is 15.3. The Kier molecular flexibility index (Phi) is 7.72. The maximum atomic E-state index is 15.3. The highest BCUT2D eigenvalue weighted by atomic mass is 35.5. The summed E-state index contributed by atoms with van der Waals surface area (Å²) >= 11 is 6.28. The Balaban J connectivity index is 1.30. The van der Waals surface area contributed by atoms with Gasteiger partial charge in [0.25, 0.3) is 17.5 Å². The molecule has 0 bridgehead atoms. The number of aromatic hydroxyl groups is 1. The number of hydrogen-bond acceptors (Lipinski definition) is 8. The number of amides is 4. The number of nitrogens with zero attached hydrogens (tertiary/aromatic N) is 3. The molecule has 14 heteroatoms. The van der Waals surface area contributed by atoms with Crippen LogP contribution in [0.4, 0.5) is 25.8 Å². The highest BCUT2D eigenvalue weighted by molar-refractivity contribution is 6.30. The van der Waals surface area contributed by atoms with Crippen LogP contribution in [0.25, 0.3) is 0 Å². The summed E-state index contributed by atoms with van der Waals surface area (Å²) in [7, 11) is 0. The number of fused-ring (bicyclic) bond motifs is 4. The van der Waals surface area contributed by atoms with Crippen molar-refractivity contribution in [3.63, 3.8) is 0 Å². The number of phenols is 1. The minimum atomic E-state index is -1.73. The topological polar surface area (TPSA) is 150 Å². The smallest absolute Gasteiger partial charge is 0.269 e. The minimum absolute atomic E-state index is 0.0496. The molecule has 2 N–H and O–H groups in total. The molecule has 6 atom stereocenters. The van der Waals surface area contributed by atoms with Crippen LogP contribution in [-0.2, 0) is 24.6 Å². The Morgan fingerprint density at radius 2 is 1.56 bits per heavy atom. The van der Waals surface area contributed by atoms with Gasteiger partial charge in [-0.2, -0.15) is 5.01 Å². The number of rotatable bonds is 6. The number of phenolic OH excluding ortho intramolecular Hbond substituents is 1. The Morgan fingerprint density at radius 1 is 0.865 bits per heavy atom. The number of anilines is 2. The fourth-order valence-electron chi connectivity index (χ4n) is 8.71. The quantitative estimate of drug-likeness (QED) is 0.100. The van der Waals surface area contributed by atoms with Crippen molar-refractivity contribution in [3.8, 4) is 5.75 Å². The Hall–Kier alpha value is -5.95. The monoisotopic (exact) mass is 724 g/mol. The molecule has 4 aliphatic rings. The van der Waals surface area contributed by atoms with Crippen molar-refractivity contribution in [2.75, 3.05) is 10.3 Å². The molecular weight excluding hydrogens is 698 g/mol. The van der Waals surface area contributed by atoms with E-state index in [0.717, 1.165) is 34.2 Å². The van der Waals surface area contributed by atoms with Gasteiger partial charge in [0.15, 0.2) is 11.6 Å². The third kappa shape index (κ3) is 4.83. The molecule has 4 aromatic carbocycles. The highest BCUT2D eigenvalue weighted by Crippen LogP contribution is 2.64. The second-order valence-corrected chi connectivity index (χ2v) is 13.8. The van der Waals surface area contributed by atoms with E-state index < -0.39 is 80.9 Å². The predicted octanol–water partition coefficient (Wildman–Crippen LogP) is 6.42. The molecule has 1 saturated carbocycles. The molecule has 2 heterocycles. The molecule has 262 valence electrons. The fraction of sp³-hybridized carbons (Fsp3) is 0.211. The van der Waals surface area contributed by atoms with E-state index in [9.17, 15) is 34.0 Å². The first-order valence-corrected chi connectivity index (χ1v) is 16.8. The molecule has 4 amide bonds. The fourth-order valence-corrected chi connectivity index (χ4v) is 8.84. The van der Waals surface area contributed by atoms with E-state index in [1.807, 2.05) is 0 Å². The molecule has 2 saturated heterocycles. The van der Waals surface area contributed by atoms with Crippen LogP contribution in [-0.4, -0.2) is 38.7 Å². The lowest BCUT2D eigenvalue weighted by Crippen LogP contribution is -2.53. The third-order valence-corrected chi connectivity index (χ3v) is 11.1. The standard InChI is InChI=1S/C38H27ClF2N4O7/c39-21-4-2-20(3-5-21)38-29(35(48)44(37(38)50)42-23-8-6-22(40)7-9-23)18-28-26(33(38)19-1-16-31(46)30(41)17-19)14-15-27-32(28)36(49)43(34(27)47)24-10-12-25(13-11-24)45(51)52/h1-14,16-17,27-29,32-33,42,46H,15,18H2/t27-,28+,29-,32-,33-,38+/m0/s1. The van der Waals surface area contributed by atoms with Crippen LogP contribution >= 0.6 is 11.6 Å². The summed E-state index contributed by atoms with van der Waals surface area (Å²) in [5, 5.41) is 22.7. The van der Waals surface area contributed by atoms with Gasteiger partial charge in [0.2, 0.25) is 11.8 Å². The minimum Gasteiger partial charge on any atom is -0.505 e. The molecule has 0 spiro atoms. The van der Waals surface area contributed by atoms with Gasteiger partial charge >= 0.3 is 0 Å². The van der Waals surface area contributed by atoms with Gasteiger partial charge in [-0.15, -0.1) is 0 Å². The summed E-state index contributed by atoms with van der Waals surface area (Å²) in [6.45, 7) is 0. The summed E-state index contributed by atoms with van der Waals surface area (Å²) in [5.41, 5.74) is 2.48. The number of nitro benzene ring substituents is 1. The van der Waals surface area contributed by atoms with Crippen LogP contribution < -0.4 is 10.3 Å². The second kappa shape index (κ2) is 12.1. The van der Waals surface area contributed by atoms with E-state index >= 15 is 9.18 Å². The number of nitro groups is 1. The maximum Gasteiger partial charge on any atom is 0.269 e. The third-order valence-electron chi connectivity index (χ3n) is 10.9. The Labute approximate surface area is 299 Å². The number of halogens is 3. The average molecular weight is 725 g/mol. The molecule has 0 aromatic heterocycles. The lowest BCUT2D eigenvalue weighted by atomic mass is 9.49.